The summed E-state index contributed by atoms with van der Waals surface area (Å²) in [5, 5.41) is -1.28. The second-order valence-electron chi connectivity index (χ2n) is 0.676. The molecule has 0 rings (SSSR count). The zero-order valence-electron chi connectivity index (χ0n) is 6.76. The highest BCUT2D eigenvalue weighted by Crippen LogP contribution is 1.61. The lowest BCUT2D eigenvalue weighted by atomic mass is 11.5. The van der Waals surface area contributed by atoms with Crippen LogP contribution < -0.4 is 11.5 Å². The normalized spacial score (nSPS) is 5.17. The Morgan fingerprint density at radius 1 is 0.833 bits per heavy atom. The van der Waals surface area contributed by atoms with Crippen molar-refractivity contribution in [2.45, 2.75) is 0 Å². The van der Waals surface area contributed by atoms with E-state index in [0.717, 1.165) is 0 Å². The zero-order valence-corrected chi connectivity index (χ0v) is 10.3. The Hall–Kier alpha value is 0.340. The summed E-state index contributed by atoms with van der Waals surface area (Å²) < 4.78 is 0. The van der Waals surface area contributed by atoms with E-state index in [1.165, 1.54) is 0 Å². The van der Waals surface area contributed by atoms with Gasteiger partial charge in [0.05, 0.1) is 0 Å². The summed E-state index contributed by atoms with van der Waals surface area (Å²) in [4.78, 5) is 18.2. The highest BCUT2D eigenvalue weighted by Gasteiger charge is 1.63. The third-order valence-corrected chi connectivity index (χ3v) is 0. The molecule has 0 saturated carbocycles. The van der Waals surface area contributed by atoms with Crippen LogP contribution >= 0.6 is 50.5 Å². The molecule has 0 spiro atoms. The first-order valence-corrected chi connectivity index (χ1v) is 5.01. The largest absolute Gasteiger partial charge is 0.361 e. The van der Waals surface area contributed by atoms with Gasteiger partial charge in [-0.15, -0.1) is 0 Å². The van der Waals surface area contributed by atoms with Crippen LogP contribution in [0.1, 0.15) is 0 Å². The average molecular weight is 250 g/mol. The standard InChI is InChI=1S/2CH3NOS.2CH4S/c2*2-1(3)4;2*1-2/h2*(H3,2,3,4);2*2H,1H3. The van der Waals surface area contributed by atoms with Gasteiger partial charge in [-0.3, -0.25) is 9.59 Å². The molecule has 4 nitrogen and oxygen atoms in total. The highest BCUT2D eigenvalue weighted by molar-refractivity contribution is 7.96. The Kier molecular flexibility index (Phi) is 57.3. The van der Waals surface area contributed by atoms with E-state index in [0.29, 0.717) is 0 Å². The van der Waals surface area contributed by atoms with Crippen molar-refractivity contribution < 1.29 is 9.59 Å². The molecule has 2 amide bonds. The number of hydrogen-bond acceptors (Lipinski definition) is 4. The maximum atomic E-state index is 9.09. The van der Waals surface area contributed by atoms with Gasteiger partial charge in [0.15, 0.2) is 0 Å². The van der Waals surface area contributed by atoms with E-state index in [1.807, 2.05) is 0 Å². The molecule has 12 heavy (non-hydrogen) atoms. The zero-order chi connectivity index (χ0) is 11.2. The summed E-state index contributed by atoms with van der Waals surface area (Å²) in [6.45, 7) is 0. The predicted octanol–water partition coefficient (Wildman–Crippen LogP) is 1.08. The third kappa shape index (κ3) is 7800. The highest BCUT2D eigenvalue weighted by atomic mass is 32.1. The quantitative estimate of drug-likeness (QED) is 0.364. The van der Waals surface area contributed by atoms with E-state index in [1.54, 1.807) is 12.5 Å². The number of hydrogen-bond donors (Lipinski definition) is 6. The summed E-state index contributed by atoms with van der Waals surface area (Å²) in [5.41, 5.74) is 8.67. The van der Waals surface area contributed by atoms with E-state index >= 15 is 0 Å². The minimum absolute atomic E-state index is 0.639. The molecule has 0 saturated heterocycles. The van der Waals surface area contributed by atoms with Crippen molar-refractivity contribution in [3.63, 3.8) is 0 Å². The fourth-order valence-corrected chi connectivity index (χ4v) is 0. The Labute approximate surface area is 94.5 Å². The van der Waals surface area contributed by atoms with Crippen LogP contribution in [0, 0.1) is 0 Å². The lowest BCUT2D eigenvalue weighted by Crippen LogP contribution is -1.95. The minimum Gasteiger partial charge on any atom is -0.361 e. The number of thiol groups is 4. The molecule has 0 atom stereocenters. The summed E-state index contributed by atoms with van der Waals surface area (Å²) in [6.07, 6.45) is 3.39. The van der Waals surface area contributed by atoms with Crippen molar-refractivity contribution >= 4 is 61.0 Å². The maximum absolute atomic E-state index is 9.09. The lowest BCUT2D eigenvalue weighted by molar-refractivity contribution is 0.266. The predicted molar refractivity (Wildman–Crippen MR) is 67.0 cm³/mol. The van der Waals surface area contributed by atoms with Crippen molar-refractivity contribution in [2.24, 2.45) is 11.5 Å². The third-order valence-electron chi connectivity index (χ3n) is 0. The molecule has 0 radical (unpaired) electrons. The molecule has 0 aromatic carbocycles. The maximum Gasteiger partial charge on any atom is 0.273 e. The van der Waals surface area contributed by atoms with Crippen LogP contribution in [0.4, 0.5) is 9.59 Å². The summed E-state index contributed by atoms with van der Waals surface area (Å²) in [5.74, 6) is 0. The van der Waals surface area contributed by atoms with Gasteiger partial charge in [0.25, 0.3) is 10.5 Å². The van der Waals surface area contributed by atoms with Crippen molar-refractivity contribution in [1.29, 1.82) is 0 Å². The molecular formula is C4H14N2O2S4. The second-order valence-corrected chi connectivity index (χ2v) is 1.56. The van der Waals surface area contributed by atoms with Crippen molar-refractivity contribution in [1.82, 2.24) is 0 Å². The van der Waals surface area contributed by atoms with Crippen molar-refractivity contribution in [3.8, 4) is 0 Å². The summed E-state index contributed by atoms with van der Waals surface area (Å²) in [6, 6.07) is 0. The molecule has 0 aliphatic heterocycles. The fourth-order valence-electron chi connectivity index (χ4n) is 0. The summed E-state index contributed by atoms with van der Waals surface area (Å²) >= 11 is 13.3. The number of carbonyl (C=O) groups is 2. The second kappa shape index (κ2) is 30.2. The Morgan fingerprint density at radius 3 is 0.833 bits per heavy atom. The average Bonchev–Trinajstić information content (AvgIpc) is 1.93. The van der Waals surface area contributed by atoms with Gasteiger partial charge in [-0.1, -0.05) is 25.3 Å². The van der Waals surface area contributed by atoms with Gasteiger partial charge in [-0.25, -0.2) is 0 Å². The van der Waals surface area contributed by atoms with Gasteiger partial charge in [0, 0.05) is 0 Å². The number of carbonyl (C=O) groups excluding carboxylic acids is 2. The molecule has 76 valence electrons. The van der Waals surface area contributed by atoms with Gasteiger partial charge in [-0.2, -0.15) is 25.3 Å². The van der Waals surface area contributed by atoms with E-state index in [4.69, 9.17) is 9.59 Å². The van der Waals surface area contributed by atoms with Crippen LogP contribution in [0.2, 0.25) is 0 Å². The number of rotatable bonds is 0. The molecular weight excluding hydrogens is 236 g/mol. The van der Waals surface area contributed by atoms with Crippen LogP contribution in [0.5, 0.6) is 0 Å². The molecule has 0 fully saturated rings. The molecule has 0 heterocycles. The van der Waals surface area contributed by atoms with Crippen LogP contribution in [-0.2, 0) is 0 Å². The van der Waals surface area contributed by atoms with E-state index in [9.17, 15) is 0 Å². The first-order valence-electron chi connectivity index (χ1n) is 2.33. The first kappa shape index (κ1) is 22.8. The molecule has 8 heteroatoms. The molecule has 0 aromatic heterocycles. The molecule has 4 N–H and O–H groups in total. The Morgan fingerprint density at radius 2 is 0.833 bits per heavy atom. The first-order chi connectivity index (χ1) is 5.46. The minimum atomic E-state index is -0.639. The van der Waals surface area contributed by atoms with E-state index < -0.39 is 10.5 Å². The van der Waals surface area contributed by atoms with Gasteiger partial charge in [-0.05, 0) is 12.5 Å². The van der Waals surface area contributed by atoms with Gasteiger partial charge in [0.1, 0.15) is 0 Å². The Balaban J connectivity index is -0.0000000380. The van der Waals surface area contributed by atoms with Crippen LogP contribution in [0.15, 0.2) is 0 Å². The van der Waals surface area contributed by atoms with Gasteiger partial charge in [0.2, 0.25) is 0 Å². The van der Waals surface area contributed by atoms with Gasteiger partial charge >= 0.3 is 0 Å². The Bertz CT molecular complexity index is 81.1. The lowest BCUT2D eigenvalue weighted by Gasteiger charge is -1.59. The van der Waals surface area contributed by atoms with Crippen molar-refractivity contribution in [2.75, 3.05) is 12.5 Å². The van der Waals surface area contributed by atoms with Crippen LogP contribution in [0.25, 0.3) is 0 Å². The molecule has 0 aliphatic rings. The number of amides is 2. The van der Waals surface area contributed by atoms with Crippen LogP contribution in [-0.4, -0.2) is 23.0 Å². The van der Waals surface area contributed by atoms with Crippen LogP contribution in [0.3, 0.4) is 0 Å². The molecule has 0 aliphatic carbocycles. The SMILES string of the molecule is CS.CS.NC(=O)S.NC(=O)S. The number of primary amides is 2. The number of nitrogens with two attached hydrogens (primary N) is 2. The fraction of sp³-hybridized carbons (Fsp3) is 0.500. The molecule has 0 unspecified atom stereocenters. The monoisotopic (exact) mass is 250 g/mol. The molecule has 0 aromatic rings. The van der Waals surface area contributed by atoms with Crippen molar-refractivity contribution in [3.05, 3.63) is 0 Å². The molecule has 0 bridgehead atoms. The van der Waals surface area contributed by atoms with E-state index in [2.05, 4.69) is 62.0 Å². The van der Waals surface area contributed by atoms with Gasteiger partial charge < -0.3 is 11.5 Å². The van der Waals surface area contributed by atoms with E-state index in [-0.39, 0.29) is 0 Å². The summed E-state index contributed by atoms with van der Waals surface area (Å²) in [7, 11) is 0. The topological polar surface area (TPSA) is 86.2 Å². The smallest absolute Gasteiger partial charge is 0.273 e.